The van der Waals surface area contributed by atoms with Crippen LogP contribution in [0.5, 0.6) is 0 Å². The van der Waals surface area contributed by atoms with Crippen LogP contribution >= 0.6 is 24.0 Å². The Morgan fingerprint density at radius 1 is 1.13 bits per heavy atom. The maximum Gasteiger partial charge on any atom is 0.416 e. The lowest BCUT2D eigenvalue weighted by Gasteiger charge is -2.13. The lowest BCUT2D eigenvalue weighted by Crippen LogP contribution is -2.36. The number of nitrogens with zero attached hydrogens (tertiary/aromatic N) is 4. The van der Waals surface area contributed by atoms with Gasteiger partial charge in [0.25, 0.3) is 0 Å². The van der Waals surface area contributed by atoms with Crippen molar-refractivity contribution in [1.29, 1.82) is 0 Å². The van der Waals surface area contributed by atoms with E-state index in [-0.39, 0.29) is 30.5 Å². The van der Waals surface area contributed by atoms with Crippen LogP contribution in [0.3, 0.4) is 0 Å². The molecule has 3 aromatic rings. The molecule has 10 heteroatoms. The first-order valence-corrected chi connectivity index (χ1v) is 9.07. The summed E-state index contributed by atoms with van der Waals surface area (Å²) >= 11 is 0. The minimum atomic E-state index is -4.36. The second-order valence-corrected chi connectivity index (χ2v) is 6.24. The Balaban J connectivity index is 0.00000320. The summed E-state index contributed by atoms with van der Waals surface area (Å²) in [7, 11) is 0. The molecule has 0 radical (unpaired) electrons. The van der Waals surface area contributed by atoms with Gasteiger partial charge in [0.15, 0.2) is 5.96 Å². The van der Waals surface area contributed by atoms with Gasteiger partial charge in [0.05, 0.1) is 12.1 Å². The minimum absolute atomic E-state index is 0. The van der Waals surface area contributed by atoms with Gasteiger partial charge in [0.2, 0.25) is 0 Å². The Bertz CT molecular complexity index is 940. The van der Waals surface area contributed by atoms with Gasteiger partial charge in [-0.05, 0) is 36.2 Å². The van der Waals surface area contributed by atoms with Crippen molar-refractivity contribution < 1.29 is 13.2 Å². The summed E-state index contributed by atoms with van der Waals surface area (Å²) < 4.78 is 40.3. The molecule has 0 atom stereocenters. The van der Waals surface area contributed by atoms with Crippen LogP contribution in [0, 0.1) is 0 Å². The number of pyridine rings is 1. The number of imidazole rings is 1. The average molecular weight is 530 g/mol. The highest BCUT2D eigenvalue weighted by Crippen LogP contribution is 2.29. The number of benzene rings is 1. The van der Waals surface area contributed by atoms with E-state index >= 15 is 0 Å². The van der Waals surface area contributed by atoms with Crippen molar-refractivity contribution in [1.82, 2.24) is 25.2 Å². The fraction of sp³-hybridized carbons (Fsp3) is 0.250. The molecule has 0 bridgehead atoms. The number of hydrogen-bond donors (Lipinski definition) is 2. The van der Waals surface area contributed by atoms with Crippen molar-refractivity contribution in [3.63, 3.8) is 0 Å². The fourth-order valence-electron chi connectivity index (χ4n) is 2.61. The molecule has 0 aliphatic heterocycles. The molecule has 30 heavy (non-hydrogen) atoms. The van der Waals surface area contributed by atoms with Gasteiger partial charge >= 0.3 is 6.18 Å². The second-order valence-electron chi connectivity index (χ2n) is 6.24. The summed E-state index contributed by atoms with van der Waals surface area (Å²) in [6.07, 6.45) is 2.53. The Morgan fingerprint density at radius 2 is 1.97 bits per heavy atom. The molecule has 0 aliphatic rings. The van der Waals surface area contributed by atoms with Crippen LogP contribution in [0.4, 0.5) is 13.2 Å². The quantitative estimate of drug-likeness (QED) is 0.286. The van der Waals surface area contributed by atoms with Crippen molar-refractivity contribution in [2.24, 2.45) is 4.99 Å². The van der Waals surface area contributed by atoms with E-state index in [9.17, 15) is 13.2 Å². The smallest absolute Gasteiger partial charge is 0.357 e. The summed E-state index contributed by atoms with van der Waals surface area (Å²) in [6.45, 7) is 3.16. The Hall–Kier alpha value is -2.63. The van der Waals surface area contributed by atoms with Gasteiger partial charge in [-0.1, -0.05) is 18.2 Å². The van der Waals surface area contributed by atoms with Gasteiger partial charge < -0.3 is 10.6 Å². The normalized spacial score (nSPS) is 11.7. The van der Waals surface area contributed by atoms with E-state index < -0.39 is 11.7 Å². The molecule has 2 aromatic heterocycles. The maximum absolute atomic E-state index is 12.8. The molecule has 0 saturated carbocycles. The highest BCUT2D eigenvalue weighted by atomic mass is 127. The zero-order valence-corrected chi connectivity index (χ0v) is 18.6. The molecular weight excluding hydrogens is 508 g/mol. The number of halogens is 4. The van der Waals surface area contributed by atoms with Gasteiger partial charge in [-0.15, -0.1) is 24.0 Å². The molecule has 0 aliphatic carbocycles. The number of aromatic nitrogens is 3. The van der Waals surface area contributed by atoms with Crippen LogP contribution in [0.1, 0.15) is 23.6 Å². The first-order valence-electron chi connectivity index (χ1n) is 9.07. The SMILES string of the molecule is CCNC(=NCc1ccc(-n2ccnc2)nc1)NCc1cccc(C(F)(F)F)c1.I. The van der Waals surface area contributed by atoms with Crippen molar-refractivity contribution in [2.75, 3.05) is 6.54 Å². The van der Waals surface area contributed by atoms with Crippen LogP contribution in [0.15, 0.2) is 66.3 Å². The van der Waals surface area contributed by atoms with Crippen molar-refractivity contribution in [2.45, 2.75) is 26.2 Å². The number of alkyl halides is 3. The molecule has 6 nitrogen and oxygen atoms in total. The standard InChI is InChI=1S/C20H21F3N6.HI/c1-2-25-19(27-11-15-4-3-5-17(10-15)20(21,22)23)28-13-16-6-7-18(26-12-16)29-9-8-24-14-29;/h3-10,12,14H,2,11,13H2,1H3,(H2,25,27,28);1H. The van der Waals surface area contributed by atoms with E-state index in [1.165, 1.54) is 6.07 Å². The lowest BCUT2D eigenvalue weighted by molar-refractivity contribution is -0.137. The van der Waals surface area contributed by atoms with E-state index in [4.69, 9.17) is 0 Å². The van der Waals surface area contributed by atoms with Gasteiger partial charge in [-0.2, -0.15) is 13.2 Å². The molecule has 160 valence electrons. The Labute approximate surface area is 189 Å². The van der Waals surface area contributed by atoms with Crippen molar-refractivity contribution >= 4 is 29.9 Å². The number of rotatable bonds is 6. The Morgan fingerprint density at radius 3 is 2.60 bits per heavy atom. The number of nitrogens with one attached hydrogen (secondary N) is 2. The van der Waals surface area contributed by atoms with Crippen LogP contribution in [-0.2, 0) is 19.3 Å². The first-order chi connectivity index (χ1) is 14.0. The van der Waals surface area contributed by atoms with Crippen LogP contribution in [0.2, 0.25) is 0 Å². The van der Waals surface area contributed by atoms with E-state index in [1.54, 1.807) is 35.6 Å². The van der Waals surface area contributed by atoms with Gasteiger partial charge in [-0.25, -0.2) is 15.0 Å². The molecule has 0 fully saturated rings. The summed E-state index contributed by atoms with van der Waals surface area (Å²) in [6, 6.07) is 9.03. The highest BCUT2D eigenvalue weighted by Gasteiger charge is 2.30. The molecular formula is C20H22F3IN6. The molecule has 0 unspecified atom stereocenters. The average Bonchev–Trinajstić information content (AvgIpc) is 3.25. The number of guanidine groups is 1. The summed E-state index contributed by atoms with van der Waals surface area (Å²) in [5.74, 6) is 1.27. The van der Waals surface area contributed by atoms with Gasteiger partial charge in [-0.3, -0.25) is 4.57 Å². The summed E-state index contributed by atoms with van der Waals surface area (Å²) in [4.78, 5) is 12.8. The molecule has 0 spiro atoms. The van der Waals surface area contributed by atoms with E-state index in [1.807, 2.05) is 19.1 Å². The van der Waals surface area contributed by atoms with Crippen LogP contribution < -0.4 is 10.6 Å². The monoisotopic (exact) mass is 530 g/mol. The van der Waals surface area contributed by atoms with E-state index in [0.717, 1.165) is 23.5 Å². The van der Waals surface area contributed by atoms with Crippen LogP contribution in [0.25, 0.3) is 5.82 Å². The van der Waals surface area contributed by atoms with Gasteiger partial charge in [0, 0.05) is 31.7 Å². The predicted molar refractivity (Wildman–Crippen MR) is 120 cm³/mol. The third kappa shape index (κ3) is 6.71. The molecule has 0 saturated heterocycles. The topological polar surface area (TPSA) is 67.1 Å². The van der Waals surface area contributed by atoms with E-state index in [2.05, 4.69) is 25.6 Å². The Kier molecular flexibility index (Phi) is 8.63. The zero-order chi connectivity index (χ0) is 20.7. The largest absolute Gasteiger partial charge is 0.416 e. The molecule has 1 aromatic carbocycles. The second kappa shape index (κ2) is 11.0. The highest BCUT2D eigenvalue weighted by molar-refractivity contribution is 14.0. The maximum atomic E-state index is 12.8. The minimum Gasteiger partial charge on any atom is -0.357 e. The van der Waals surface area contributed by atoms with E-state index in [0.29, 0.717) is 24.6 Å². The summed E-state index contributed by atoms with van der Waals surface area (Å²) in [5.41, 5.74) is 0.768. The fourth-order valence-corrected chi connectivity index (χ4v) is 2.61. The molecule has 2 N–H and O–H groups in total. The molecule has 3 rings (SSSR count). The first kappa shape index (κ1) is 23.6. The number of hydrogen-bond acceptors (Lipinski definition) is 3. The molecule has 0 amide bonds. The molecule has 2 heterocycles. The third-order valence-corrected chi connectivity index (χ3v) is 4.06. The zero-order valence-electron chi connectivity index (χ0n) is 16.2. The van der Waals surface area contributed by atoms with Crippen molar-refractivity contribution in [3.8, 4) is 5.82 Å². The van der Waals surface area contributed by atoms with Crippen molar-refractivity contribution in [3.05, 3.63) is 78.0 Å². The van der Waals surface area contributed by atoms with Crippen LogP contribution in [-0.4, -0.2) is 27.0 Å². The predicted octanol–water partition coefficient (Wildman–Crippen LogP) is 4.16. The summed E-state index contributed by atoms with van der Waals surface area (Å²) in [5, 5.41) is 6.14. The van der Waals surface area contributed by atoms with Gasteiger partial charge in [0.1, 0.15) is 12.1 Å². The lowest BCUT2D eigenvalue weighted by atomic mass is 10.1. The third-order valence-electron chi connectivity index (χ3n) is 4.06. The number of aliphatic imine (C=N–C) groups is 1.